The number of halogens is 1. The average molecular weight is 1050 g/mol. The number of rotatable bonds is 31. The van der Waals surface area contributed by atoms with E-state index >= 15 is 0 Å². The minimum atomic E-state index is -1.55. The molecule has 1 aromatic carbocycles. The first-order valence-corrected chi connectivity index (χ1v) is 25.2. The minimum absolute atomic E-state index is 0.0277. The quantitative estimate of drug-likeness (QED) is 0.0205. The molecule has 2 rings (SSSR count). The Hall–Kier alpha value is -6.61. The summed E-state index contributed by atoms with van der Waals surface area (Å²) in [6, 6.07) is -6.09. The third-order valence-electron chi connectivity index (χ3n) is 11.9. The van der Waals surface area contributed by atoms with Crippen molar-refractivity contribution >= 4 is 76.1 Å². The van der Waals surface area contributed by atoms with Gasteiger partial charge in [-0.05, 0) is 87.3 Å². The highest BCUT2D eigenvalue weighted by atomic mass is 32.2. The van der Waals surface area contributed by atoms with E-state index in [1.54, 1.807) is 27.7 Å². The number of aliphatic hydroxyl groups is 1. The molecular weight excluding hydrogens is 980 g/mol. The monoisotopic (exact) mass is 1050 g/mol. The Morgan fingerprint density at radius 2 is 1.48 bits per heavy atom. The number of nitrogens with zero attached hydrogens (tertiary/aromatic N) is 2. The molecule has 27 heteroatoms. The summed E-state index contributed by atoms with van der Waals surface area (Å²) >= 11 is 0.781. The Morgan fingerprint density at radius 1 is 0.822 bits per heavy atom. The second-order valence-electron chi connectivity index (χ2n) is 17.9. The number of nitrogens with one attached hydrogen (secondary N) is 7. The number of phenolic OH excluding ortho intramolecular Hbond substituents is 1. The zero-order chi connectivity index (χ0) is 54.9. The number of guanidine groups is 1. The summed E-state index contributed by atoms with van der Waals surface area (Å²) in [5.41, 5.74) is 16.5. The van der Waals surface area contributed by atoms with E-state index in [1.165, 1.54) is 12.3 Å². The van der Waals surface area contributed by atoms with Crippen LogP contribution < -0.4 is 54.4 Å². The van der Waals surface area contributed by atoms with Crippen LogP contribution in [0, 0.1) is 17.7 Å². The van der Waals surface area contributed by atoms with Crippen molar-refractivity contribution in [3.05, 3.63) is 29.6 Å². The third kappa shape index (κ3) is 21.2. The topological polar surface area (TPSA) is 409 Å². The standard InChI is InChI=1S/C46H73FN12O13S/c1-6-25(4)38(57-35(63)23-60)43(69)54-28(11-7-8-16-48)39(65)56-30(20-26-14-15-33(61)27(47)19-26)40(66)58-37(24(2)3)42(68)52-22-34(62)53-31(21-36(64)73-5)44(70)59-18-10-13-32(59)41(67)55-29(45(71)72)12-9-17-51-46(49)50/h14-15,19,24-25,28-32,37-38,60-61H,6-13,16-18,20-23,48H2,1-5H3,(H,52,68)(H,53,62)(H,54,69)(H,55,67)(H,56,65)(H,57,63)(H,58,66)(H,71,72)(H4,49,50,51)/t25-,28-,29-,30-,31-,32-,37-,38-/m0/s1. The molecule has 8 atom stereocenters. The van der Waals surface area contributed by atoms with Crippen LogP contribution in [0.1, 0.15) is 91.0 Å². The first-order valence-electron chi connectivity index (χ1n) is 24.0. The lowest BCUT2D eigenvalue weighted by molar-refractivity contribution is -0.145. The molecule has 0 aliphatic carbocycles. The van der Waals surface area contributed by atoms with Gasteiger partial charge in [-0.15, -0.1) is 0 Å². The number of carbonyl (C=O) groups excluding carboxylic acids is 9. The Morgan fingerprint density at radius 3 is 2.07 bits per heavy atom. The molecule has 1 fully saturated rings. The average Bonchev–Trinajstić information content (AvgIpc) is 3.85. The van der Waals surface area contributed by atoms with Crippen molar-refractivity contribution in [1.29, 1.82) is 0 Å². The zero-order valence-corrected chi connectivity index (χ0v) is 42.7. The van der Waals surface area contributed by atoms with Gasteiger partial charge in [-0.25, -0.2) is 9.18 Å². The highest BCUT2D eigenvalue weighted by Crippen LogP contribution is 2.22. The number of thioether (sulfide) groups is 1. The molecule has 1 aliphatic heterocycles. The molecule has 0 bridgehead atoms. The number of aliphatic carboxylic acids is 1. The predicted octanol–water partition coefficient (Wildman–Crippen LogP) is -2.67. The number of benzene rings is 1. The number of aromatic hydroxyl groups is 1. The summed E-state index contributed by atoms with van der Waals surface area (Å²) in [5.74, 6) is -11.1. The maximum atomic E-state index is 14.5. The second kappa shape index (κ2) is 31.8. The number of phenols is 1. The Labute approximate surface area is 427 Å². The van der Waals surface area contributed by atoms with Crippen molar-refractivity contribution in [2.75, 3.05) is 39.0 Å². The number of aliphatic imine (C=N–C) groups is 1. The number of amides is 8. The Bertz CT molecular complexity index is 2130. The SMILES string of the molecule is CC[C@H](C)[C@H](NC(=O)CO)C(=O)N[C@@H](CCCCN)C(=O)N[C@@H](Cc1ccc(O)c(F)c1)C(=O)N[C@H](C(=O)NCC(=O)N[C@@H](CC(=O)SC)C(=O)N1CCC[C@H]1C(=O)N[C@@H](CCCN=C(N)N)C(=O)O)C(C)C. The number of carboxylic acids is 1. The smallest absolute Gasteiger partial charge is 0.326 e. The number of hydrogen-bond donors (Lipinski definition) is 13. The Balaban J connectivity index is 2.33. The van der Waals surface area contributed by atoms with Gasteiger partial charge in [0.2, 0.25) is 47.3 Å². The van der Waals surface area contributed by atoms with Gasteiger partial charge in [-0.2, -0.15) is 0 Å². The van der Waals surface area contributed by atoms with Crippen molar-refractivity contribution in [1.82, 2.24) is 42.1 Å². The van der Waals surface area contributed by atoms with Crippen molar-refractivity contribution in [3.63, 3.8) is 0 Å². The molecule has 0 radical (unpaired) electrons. The van der Waals surface area contributed by atoms with Crippen LogP contribution in [0.25, 0.3) is 0 Å². The van der Waals surface area contributed by atoms with Gasteiger partial charge in [-0.3, -0.25) is 48.1 Å². The predicted molar refractivity (Wildman–Crippen MR) is 266 cm³/mol. The summed E-state index contributed by atoms with van der Waals surface area (Å²) in [7, 11) is 0. The highest BCUT2D eigenvalue weighted by Gasteiger charge is 2.40. The number of carboxylic acid groups (broad SMARTS) is 1. The normalized spacial score (nSPS) is 16.0. The van der Waals surface area contributed by atoms with Gasteiger partial charge in [0, 0.05) is 25.9 Å². The van der Waals surface area contributed by atoms with Crippen LogP contribution in [-0.2, 0) is 54.4 Å². The summed E-state index contributed by atoms with van der Waals surface area (Å²) < 4.78 is 14.5. The fourth-order valence-electron chi connectivity index (χ4n) is 7.63. The molecule has 0 unspecified atom stereocenters. The molecule has 25 nitrogen and oxygen atoms in total. The summed E-state index contributed by atoms with van der Waals surface area (Å²) in [5, 5.41) is 45.9. The fourth-order valence-corrected chi connectivity index (χ4v) is 7.97. The van der Waals surface area contributed by atoms with E-state index < -0.39 is 144 Å². The van der Waals surface area contributed by atoms with Gasteiger partial charge in [0.05, 0.1) is 6.54 Å². The van der Waals surface area contributed by atoms with E-state index in [0.29, 0.717) is 25.7 Å². The summed E-state index contributed by atoms with van der Waals surface area (Å²) in [6.07, 6.45) is 2.49. The number of aliphatic hydroxyl groups excluding tert-OH is 1. The molecule has 8 amide bonds. The summed E-state index contributed by atoms with van der Waals surface area (Å²) in [4.78, 5) is 138. The number of carbonyl (C=O) groups is 10. The first kappa shape index (κ1) is 62.5. The number of unbranched alkanes of at least 4 members (excludes halogenated alkanes) is 1. The molecule has 0 aromatic heterocycles. The largest absolute Gasteiger partial charge is 0.505 e. The highest BCUT2D eigenvalue weighted by molar-refractivity contribution is 8.13. The van der Waals surface area contributed by atoms with Gasteiger partial charge in [0.15, 0.2) is 22.6 Å². The third-order valence-corrected chi connectivity index (χ3v) is 12.5. The van der Waals surface area contributed by atoms with Crippen LogP contribution >= 0.6 is 11.8 Å². The van der Waals surface area contributed by atoms with E-state index in [0.717, 1.165) is 28.8 Å². The van der Waals surface area contributed by atoms with E-state index in [-0.39, 0.29) is 63.3 Å². The number of likely N-dealkylation sites (tertiary alicyclic amines) is 1. The first-order chi connectivity index (χ1) is 34.5. The van der Waals surface area contributed by atoms with Crippen molar-refractivity contribution in [2.45, 2.75) is 134 Å². The van der Waals surface area contributed by atoms with Crippen molar-refractivity contribution in [2.24, 2.45) is 34.0 Å². The molecule has 0 spiro atoms. The molecule has 1 aromatic rings. The fraction of sp³-hybridized carbons (Fsp3) is 0.630. The number of hydrogen-bond acceptors (Lipinski definition) is 15. The van der Waals surface area contributed by atoms with Crippen LogP contribution in [0.15, 0.2) is 23.2 Å². The molecule has 1 saturated heterocycles. The molecule has 0 saturated carbocycles. The van der Waals surface area contributed by atoms with Crippen LogP contribution in [0.3, 0.4) is 0 Å². The molecule has 73 heavy (non-hydrogen) atoms. The van der Waals surface area contributed by atoms with Crippen LogP contribution in [0.4, 0.5) is 4.39 Å². The van der Waals surface area contributed by atoms with Gasteiger partial charge >= 0.3 is 5.97 Å². The molecule has 1 heterocycles. The van der Waals surface area contributed by atoms with Crippen molar-refractivity contribution < 1.29 is 67.7 Å². The van der Waals surface area contributed by atoms with Gasteiger partial charge in [0.1, 0.15) is 48.9 Å². The van der Waals surface area contributed by atoms with Crippen LogP contribution in [0.2, 0.25) is 0 Å². The van der Waals surface area contributed by atoms with E-state index in [1.807, 2.05) is 0 Å². The van der Waals surface area contributed by atoms with E-state index in [9.17, 15) is 67.7 Å². The maximum absolute atomic E-state index is 14.5. The Kier molecular flexibility index (Phi) is 27.2. The van der Waals surface area contributed by atoms with Gasteiger partial charge in [0.25, 0.3) is 0 Å². The molecular formula is C46H73FN12O13S. The lowest BCUT2D eigenvalue weighted by atomic mass is 9.97. The van der Waals surface area contributed by atoms with Gasteiger partial charge < -0.3 is 74.6 Å². The molecule has 16 N–H and O–H groups in total. The van der Waals surface area contributed by atoms with Crippen LogP contribution in [0.5, 0.6) is 5.75 Å². The summed E-state index contributed by atoms with van der Waals surface area (Å²) in [6.45, 7) is 5.32. The van der Waals surface area contributed by atoms with E-state index in [2.05, 4.69) is 42.2 Å². The maximum Gasteiger partial charge on any atom is 0.326 e. The minimum Gasteiger partial charge on any atom is -0.505 e. The number of nitrogens with two attached hydrogens (primary N) is 3. The van der Waals surface area contributed by atoms with Gasteiger partial charge in [-0.1, -0.05) is 51.9 Å². The van der Waals surface area contributed by atoms with E-state index in [4.69, 9.17) is 17.2 Å². The van der Waals surface area contributed by atoms with Crippen LogP contribution in [-0.4, -0.2) is 166 Å². The molecule has 408 valence electrons. The molecule has 1 aliphatic rings. The zero-order valence-electron chi connectivity index (χ0n) is 41.9. The second-order valence-corrected chi connectivity index (χ2v) is 18.7. The lowest BCUT2D eigenvalue weighted by Crippen LogP contribution is -2.60. The van der Waals surface area contributed by atoms with Crippen molar-refractivity contribution in [3.8, 4) is 5.75 Å². The lowest BCUT2D eigenvalue weighted by Gasteiger charge is -2.29.